The third-order valence-corrected chi connectivity index (χ3v) is 7.25. The van der Waals surface area contributed by atoms with Gasteiger partial charge >= 0.3 is 0 Å². The van der Waals surface area contributed by atoms with Crippen molar-refractivity contribution in [1.29, 1.82) is 0 Å². The zero-order valence-corrected chi connectivity index (χ0v) is 23.6. The fourth-order valence-electron chi connectivity index (χ4n) is 4.43. The number of methoxy groups -OCH3 is 3. The van der Waals surface area contributed by atoms with Crippen molar-refractivity contribution in [3.8, 4) is 22.9 Å². The zero-order valence-electron chi connectivity index (χ0n) is 22.1. The standard InChI is InChI=1S/C27H31Cl2N5O5/c1-5-16(35)10-15-6-8-39-14-19(15)32-22-11-17-18(13-31-22)33-27(34-26(17)30-7-9-36-2)23-24(28)20(37-3)12-21(38-4)25(23)29/h5,11-13,15,19H,1,6-10,14H2,2-4H3,(H,31,32)(H,30,33,34)/t15-,19-/m1/s1. The summed E-state index contributed by atoms with van der Waals surface area (Å²) in [7, 11) is 4.63. The molecule has 1 aliphatic heterocycles. The summed E-state index contributed by atoms with van der Waals surface area (Å²) in [6.07, 6.45) is 4.19. The largest absolute Gasteiger partial charge is 0.495 e. The number of nitrogens with one attached hydrogen (secondary N) is 2. The summed E-state index contributed by atoms with van der Waals surface area (Å²) in [4.78, 5) is 26.1. The molecule has 0 radical (unpaired) electrons. The Morgan fingerprint density at radius 3 is 2.59 bits per heavy atom. The predicted molar refractivity (Wildman–Crippen MR) is 152 cm³/mol. The molecular weight excluding hydrogens is 545 g/mol. The number of allylic oxidation sites excluding steroid dienone is 1. The second-order valence-electron chi connectivity index (χ2n) is 8.94. The molecule has 3 heterocycles. The first-order valence-corrected chi connectivity index (χ1v) is 13.2. The van der Waals surface area contributed by atoms with Crippen LogP contribution >= 0.6 is 23.2 Å². The number of hydrogen-bond donors (Lipinski definition) is 2. The molecule has 1 aliphatic rings. The molecule has 2 atom stereocenters. The van der Waals surface area contributed by atoms with E-state index in [1.807, 2.05) is 6.07 Å². The van der Waals surface area contributed by atoms with Crippen molar-refractivity contribution in [2.45, 2.75) is 18.9 Å². The highest BCUT2D eigenvalue weighted by molar-refractivity contribution is 6.41. The minimum Gasteiger partial charge on any atom is -0.495 e. The molecule has 10 nitrogen and oxygen atoms in total. The fraction of sp³-hybridized carbons (Fsp3) is 0.407. The Kier molecular flexibility index (Phi) is 9.79. The highest BCUT2D eigenvalue weighted by atomic mass is 35.5. The number of carbonyl (C=O) groups is 1. The van der Waals surface area contributed by atoms with Crippen LogP contribution in [0, 0.1) is 5.92 Å². The van der Waals surface area contributed by atoms with Gasteiger partial charge in [0.05, 0.1) is 60.8 Å². The van der Waals surface area contributed by atoms with E-state index in [9.17, 15) is 4.79 Å². The lowest BCUT2D eigenvalue weighted by Crippen LogP contribution is -2.39. The molecule has 3 aromatic rings. The zero-order chi connectivity index (χ0) is 27.9. The van der Waals surface area contributed by atoms with E-state index in [1.165, 1.54) is 20.3 Å². The van der Waals surface area contributed by atoms with E-state index in [0.717, 1.165) is 11.8 Å². The van der Waals surface area contributed by atoms with Gasteiger partial charge < -0.3 is 29.6 Å². The van der Waals surface area contributed by atoms with Crippen LogP contribution in [0.3, 0.4) is 0 Å². The van der Waals surface area contributed by atoms with E-state index in [1.54, 1.807) is 19.4 Å². The van der Waals surface area contributed by atoms with Crippen LogP contribution in [0.2, 0.25) is 10.0 Å². The molecule has 0 saturated carbocycles. The van der Waals surface area contributed by atoms with E-state index in [0.29, 0.717) is 67.0 Å². The van der Waals surface area contributed by atoms with Gasteiger partial charge in [0, 0.05) is 38.1 Å². The van der Waals surface area contributed by atoms with Crippen LogP contribution < -0.4 is 20.1 Å². The van der Waals surface area contributed by atoms with Crippen LogP contribution in [-0.4, -0.2) is 74.5 Å². The third-order valence-electron chi connectivity index (χ3n) is 6.50. The average Bonchev–Trinajstić information content (AvgIpc) is 2.94. The summed E-state index contributed by atoms with van der Waals surface area (Å²) in [5.74, 6) is 2.30. The van der Waals surface area contributed by atoms with Crippen molar-refractivity contribution < 1.29 is 23.7 Å². The molecule has 1 fully saturated rings. The van der Waals surface area contributed by atoms with Gasteiger partial charge in [-0.25, -0.2) is 15.0 Å². The van der Waals surface area contributed by atoms with Crippen LogP contribution in [0.15, 0.2) is 31.0 Å². The normalized spacial score (nSPS) is 17.1. The lowest BCUT2D eigenvalue weighted by atomic mass is 9.89. The summed E-state index contributed by atoms with van der Waals surface area (Å²) < 4.78 is 21.7. The van der Waals surface area contributed by atoms with Crippen molar-refractivity contribution in [2.24, 2.45) is 5.92 Å². The van der Waals surface area contributed by atoms with Crippen LogP contribution in [0.1, 0.15) is 12.8 Å². The van der Waals surface area contributed by atoms with Gasteiger partial charge in [-0.2, -0.15) is 0 Å². The van der Waals surface area contributed by atoms with Gasteiger partial charge in [-0.05, 0) is 24.5 Å². The Hall–Kier alpha value is -3.18. The Morgan fingerprint density at radius 2 is 1.92 bits per heavy atom. The highest BCUT2D eigenvalue weighted by Gasteiger charge is 2.28. The van der Waals surface area contributed by atoms with E-state index in [-0.39, 0.29) is 33.6 Å². The Morgan fingerprint density at radius 1 is 1.18 bits per heavy atom. The number of pyridine rings is 1. The number of benzene rings is 1. The van der Waals surface area contributed by atoms with Crippen molar-refractivity contribution in [3.05, 3.63) is 41.0 Å². The lowest BCUT2D eigenvalue weighted by Gasteiger charge is -2.32. The second kappa shape index (κ2) is 13.3. The summed E-state index contributed by atoms with van der Waals surface area (Å²) in [5, 5.41) is 7.99. The number of carbonyl (C=O) groups excluding carboxylic acids is 1. The number of halogens is 2. The Labute approximate surface area is 237 Å². The minimum atomic E-state index is -0.0837. The molecule has 0 amide bonds. The van der Waals surface area contributed by atoms with Gasteiger partial charge in [-0.15, -0.1) is 0 Å². The first-order valence-electron chi connectivity index (χ1n) is 12.4. The van der Waals surface area contributed by atoms with Crippen LogP contribution in [0.4, 0.5) is 11.6 Å². The summed E-state index contributed by atoms with van der Waals surface area (Å²) in [5.41, 5.74) is 0.945. The van der Waals surface area contributed by atoms with Crippen molar-refractivity contribution >= 4 is 51.5 Å². The third kappa shape index (κ3) is 6.52. The molecule has 1 saturated heterocycles. The number of hydrogen-bond acceptors (Lipinski definition) is 10. The number of nitrogens with zero attached hydrogens (tertiary/aromatic N) is 3. The highest BCUT2D eigenvalue weighted by Crippen LogP contribution is 2.45. The van der Waals surface area contributed by atoms with Gasteiger partial charge in [0.1, 0.15) is 23.1 Å². The maximum absolute atomic E-state index is 12.0. The summed E-state index contributed by atoms with van der Waals surface area (Å²) >= 11 is 13.3. The molecule has 4 rings (SSSR count). The molecule has 208 valence electrons. The van der Waals surface area contributed by atoms with E-state index in [2.05, 4.69) is 22.2 Å². The Balaban J connectivity index is 1.76. The number of ether oxygens (including phenoxy) is 4. The molecule has 0 aliphatic carbocycles. The SMILES string of the molecule is C=CC(=O)C[C@H]1CCOC[C@H]1Nc1cc2c(NCCOC)nc(-c3c(Cl)c(OC)cc(OC)c3Cl)nc2cn1. The van der Waals surface area contributed by atoms with Gasteiger partial charge in [0.25, 0.3) is 0 Å². The van der Waals surface area contributed by atoms with Gasteiger partial charge in [0.15, 0.2) is 11.6 Å². The predicted octanol–water partition coefficient (Wildman–Crippen LogP) is 5.04. The van der Waals surface area contributed by atoms with Gasteiger partial charge in [-0.1, -0.05) is 29.8 Å². The van der Waals surface area contributed by atoms with Gasteiger partial charge in [-0.3, -0.25) is 4.79 Å². The first kappa shape index (κ1) is 28.8. The van der Waals surface area contributed by atoms with Crippen molar-refractivity contribution in [2.75, 3.05) is 58.3 Å². The number of anilines is 2. The molecular formula is C27H31Cl2N5O5. The molecule has 2 N–H and O–H groups in total. The molecule has 12 heteroatoms. The van der Waals surface area contributed by atoms with Crippen LogP contribution in [0.5, 0.6) is 11.5 Å². The molecule has 0 unspecified atom stereocenters. The fourth-order valence-corrected chi connectivity index (χ4v) is 5.10. The van der Waals surface area contributed by atoms with Crippen LogP contribution in [0.25, 0.3) is 22.3 Å². The van der Waals surface area contributed by atoms with E-state index in [4.69, 9.17) is 52.1 Å². The second-order valence-corrected chi connectivity index (χ2v) is 9.69. The van der Waals surface area contributed by atoms with E-state index < -0.39 is 0 Å². The number of aromatic nitrogens is 3. The summed E-state index contributed by atoms with van der Waals surface area (Å²) in [6, 6.07) is 3.39. The molecule has 2 aromatic heterocycles. The molecule has 39 heavy (non-hydrogen) atoms. The van der Waals surface area contributed by atoms with E-state index >= 15 is 0 Å². The molecule has 1 aromatic carbocycles. The number of ketones is 1. The minimum absolute atomic E-state index is 0.0113. The smallest absolute Gasteiger partial charge is 0.165 e. The number of rotatable bonds is 12. The van der Waals surface area contributed by atoms with Crippen molar-refractivity contribution in [3.63, 3.8) is 0 Å². The number of fused-ring (bicyclic) bond motifs is 1. The Bertz CT molecular complexity index is 1330. The lowest BCUT2D eigenvalue weighted by molar-refractivity contribution is -0.116. The van der Waals surface area contributed by atoms with Crippen molar-refractivity contribution in [1.82, 2.24) is 15.0 Å². The average molecular weight is 576 g/mol. The topological polar surface area (TPSA) is 117 Å². The maximum atomic E-state index is 12.0. The molecule has 0 bridgehead atoms. The maximum Gasteiger partial charge on any atom is 0.165 e. The quantitative estimate of drug-likeness (QED) is 0.225. The first-order chi connectivity index (χ1) is 18.9. The van der Waals surface area contributed by atoms with Crippen LogP contribution in [-0.2, 0) is 14.3 Å². The monoisotopic (exact) mass is 575 g/mol. The molecule has 0 spiro atoms. The van der Waals surface area contributed by atoms with Gasteiger partial charge in [0.2, 0.25) is 0 Å². The summed E-state index contributed by atoms with van der Waals surface area (Å²) in [6.45, 7) is 5.64.